The van der Waals surface area contributed by atoms with Gasteiger partial charge in [0.25, 0.3) is 5.91 Å². The first-order valence-electron chi connectivity index (χ1n) is 23.9. The molecule has 61 heavy (non-hydrogen) atoms. The van der Waals surface area contributed by atoms with Crippen LogP contribution in [0.3, 0.4) is 0 Å². The van der Waals surface area contributed by atoms with E-state index in [0.29, 0.717) is 19.3 Å². The molecule has 0 fully saturated rings. The third-order valence-electron chi connectivity index (χ3n) is 8.95. The largest absolute Gasteiger partial charge is 0.548 e. The summed E-state index contributed by atoms with van der Waals surface area (Å²) in [4.78, 5) is 22.7. The Bertz CT molecular complexity index is 1280. The van der Waals surface area contributed by atoms with Crippen molar-refractivity contribution in [3.05, 3.63) is 134 Å². The van der Waals surface area contributed by atoms with Crippen LogP contribution in [0.25, 0.3) is 0 Å². The molecule has 0 saturated heterocycles. The van der Waals surface area contributed by atoms with Crippen LogP contribution in [0.2, 0.25) is 0 Å². The number of carbonyl (C=O) groups excluding carboxylic acids is 2. The Morgan fingerprint density at radius 2 is 0.770 bits per heavy atom. The Hall–Kier alpha value is -4.04. The lowest BCUT2D eigenvalue weighted by atomic mass is 10.1. The number of carboxylic acid groups (broad SMARTS) is 1. The van der Waals surface area contributed by atoms with E-state index < -0.39 is 18.1 Å². The molecule has 7 heteroatoms. The summed E-state index contributed by atoms with van der Waals surface area (Å²) < 4.78 is 0. The minimum atomic E-state index is -1.23. The molecule has 0 unspecified atom stereocenters. The van der Waals surface area contributed by atoms with Gasteiger partial charge in [0.1, 0.15) is 0 Å². The fraction of sp³-hybridized carbons (Fsp3) is 0.556. The molecule has 0 aliphatic heterocycles. The lowest BCUT2D eigenvalue weighted by molar-refractivity contribution is -0.406. The summed E-state index contributed by atoms with van der Waals surface area (Å²) in [7, 11) is 0. The van der Waals surface area contributed by atoms with Crippen LogP contribution < -0.4 is 27.6 Å². The number of carboxylic acids is 1. The Kier molecular flexibility index (Phi) is 56.2. The molecular weight excluding hydrogens is 753 g/mol. The van der Waals surface area contributed by atoms with Crippen molar-refractivity contribution in [1.29, 1.82) is 0 Å². The number of carbonyl (C=O) groups is 2. The van der Waals surface area contributed by atoms with Crippen molar-refractivity contribution in [2.75, 3.05) is 13.1 Å². The predicted octanol–water partition coefficient (Wildman–Crippen LogP) is 10.1. The molecule has 10 N–H and O–H groups in total. The number of nitrogens with one attached hydrogen (secondary N) is 1. The summed E-state index contributed by atoms with van der Waals surface area (Å²) in [5.41, 5.74) is 11.2. The van der Waals surface area contributed by atoms with Gasteiger partial charge in [-0.2, -0.15) is 0 Å². The average Bonchev–Trinajstić information content (AvgIpc) is 3.26. The first-order valence-corrected chi connectivity index (χ1v) is 23.9. The number of hydrogen-bond donors (Lipinski definition) is 4. The molecule has 0 saturated carbocycles. The lowest BCUT2D eigenvalue weighted by Gasteiger charge is -2.20. The standard InChI is InChI=1S/C22H34.C20H32.C12H26N4O3/c1-3-5-7-9-11-13-15-17-19-21-22-20-18-16-14-12-10-8-6-4-2;1-3-5-7-9-11-13-15-17-19-20-18-16-14-12-10-8-6-4-2;13-7-3-1-5-9(15)11(17)16-10(12(18)19)6-2-4-8-14/h5,7-8,10-11,13-14,16-17,19-20,22H,3-4,6,9,12,15,18,21H2,1-2H3;5,7,10-13,16-19H,3-4,6,8-9,14-15,20H2,1-2H3;9-10H,1-8,13-15H2,(H,16,17)(H,18,19)/p+2/b7-5-,10-8-,13-11-,16-14-,19-17-,22-20-;7-5-,12-10-,13-11-,18-16-,19-17-;/t;;9-,10-/m..0/s1. The van der Waals surface area contributed by atoms with Gasteiger partial charge in [0.05, 0.1) is 25.1 Å². The van der Waals surface area contributed by atoms with Crippen LogP contribution in [0.4, 0.5) is 0 Å². The van der Waals surface area contributed by atoms with Gasteiger partial charge in [0, 0.05) is 6.42 Å². The van der Waals surface area contributed by atoms with Crippen LogP contribution in [0.1, 0.15) is 169 Å². The third-order valence-corrected chi connectivity index (χ3v) is 8.95. The van der Waals surface area contributed by atoms with E-state index >= 15 is 0 Å². The predicted molar refractivity (Wildman–Crippen MR) is 264 cm³/mol. The molecular formula is C54H94N4O3+2. The molecule has 2 atom stereocenters. The van der Waals surface area contributed by atoms with E-state index in [9.17, 15) is 14.7 Å². The highest BCUT2D eigenvalue weighted by atomic mass is 16.4. The van der Waals surface area contributed by atoms with Crippen molar-refractivity contribution in [2.24, 2.45) is 0 Å². The maximum Gasteiger partial charge on any atom is 0.278 e. The summed E-state index contributed by atoms with van der Waals surface area (Å²) in [6, 6.07) is -1.34. The molecule has 0 aromatic heterocycles. The second-order valence-corrected chi connectivity index (χ2v) is 14.8. The van der Waals surface area contributed by atoms with Crippen molar-refractivity contribution >= 4 is 11.9 Å². The van der Waals surface area contributed by atoms with Crippen LogP contribution in [-0.2, 0) is 9.59 Å². The second-order valence-electron chi connectivity index (χ2n) is 14.8. The highest BCUT2D eigenvalue weighted by Gasteiger charge is 2.21. The van der Waals surface area contributed by atoms with Crippen molar-refractivity contribution in [2.45, 2.75) is 181 Å². The van der Waals surface area contributed by atoms with Crippen LogP contribution in [-0.4, -0.2) is 37.0 Å². The van der Waals surface area contributed by atoms with E-state index in [4.69, 9.17) is 0 Å². The maximum absolute atomic E-state index is 11.8. The smallest absolute Gasteiger partial charge is 0.278 e. The van der Waals surface area contributed by atoms with Gasteiger partial charge in [-0.25, -0.2) is 0 Å². The molecule has 0 aromatic rings. The zero-order chi connectivity index (χ0) is 45.5. The van der Waals surface area contributed by atoms with Crippen molar-refractivity contribution in [3.63, 3.8) is 0 Å². The van der Waals surface area contributed by atoms with E-state index in [1.807, 2.05) is 0 Å². The second kappa shape index (κ2) is 56.0. The van der Waals surface area contributed by atoms with E-state index in [0.717, 1.165) is 103 Å². The van der Waals surface area contributed by atoms with Gasteiger partial charge in [-0.05, 0) is 116 Å². The summed E-state index contributed by atoms with van der Waals surface area (Å²) >= 11 is 0. The average molecular weight is 847 g/mol. The highest BCUT2D eigenvalue weighted by molar-refractivity contribution is 5.85. The van der Waals surface area contributed by atoms with Crippen LogP contribution in [0.15, 0.2) is 134 Å². The number of rotatable bonds is 36. The number of unbranched alkanes of at least 4 members (excludes halogenated alkanes) is 5. The Morgan fingerprint density at radius 1 is 0.443 bits per heavy atom. The van der Waals surface area contributed by atoms with Gasteiger partial charge in [0.15, 0.2) is 6.04 Å². The molecule has 0 spiro atoms. The first kappa shape index (κ1) is 61.3. The number of hydrogen-bond acceptors (Lipinski definition) is 3. The Morgan fingerprint density at radius 3 is 1.08 bits per heavy atom. The zero-order valence-electron chi connectivity index (χ0n) is 39.7. The van der Waals surface area contributed by atoms with Gasteiger partial charge < -0.3 is 32.4 Å². The van der Waals surface area contributed by atoms with E-state index in [1.54, 1.807) is 0 Å². The van der Waals surface area contributed by atoms with E-state index in [1.165, 1.54) is 32.1 Å². The van der Waals surface area contributed by atoms with Crippen LogP contribution in [0, 0.1) is 0 Å². The van der Waals surface area contributed by atoms with Crippen LogP contribution >= 0.6 is 0 Å². The molecule has 0 heterocycles. The minimum Gasteiger partial charge on any atom is -0.548 e. The van der Waals surface area contributed by atoms with Crippen molar-refractivity contribution < 1.29 is 31.9 Å². The third kappa shape index (κ3) is 56.0. The van der Waals surface area contributed by atoms with Crippen molar-refractivity contribution in [3.8, 4) is 0 Å². The molecule has 0 aliphatic carbocycles. The fourth-order valence-corrected chi connectivity index (χ4v) is 5.26. The van der Waals surface area contributed by atoms with Gasteiger partial charge in [-0.3, -0.25) is 4.79 Å². The quantitative estimate of drug-likeness (QED) is 0.0367. The van der Waals surface area contributed by atoms with Gasteiger partial charge in [-0.1, -0.05) is 181 Å². The molecule has 0 rings (SSSR count). The summed E-state index contributed by atoms with van der Waals surface area (Å²) in [5.74, 6) is -1.55. The number of aliphatic carboxylic acids is 1. The lowest BCUT2D eigenvalue weighted by Crippen LogP contribution is -2.69. The van der Waals surface area contributed by atoms with Crippen LogP contribution in [0.5, 0.6) is 0 Å². The molecule has 7 nitrogen and oxygen atoms in total. The number of allylic oxidation sites excluding steroid dienone is 22. The topological polar surface area (TPSA) is 152 Å². The Labute approximate surface area is 375 Å². The van der Waals surface area contributed by atoms with E-state index in [2.05, 4.69) is 184 Å². The van der Waals surface area contributed by atoms with Gasteiger partial charge in [-0.15, -0.1) is 0 Å². The van der Waals surface area contributed by atoms with E-state index in [-0.39, 0.29) is 5.91 Å². The Balaban J connectivity index is -0.000000830. The minimum absolute atomic E-state index is 0.312. The first-order chi connectivity index (χ1) is 29.9. The summed E-state index contributed by atoms with van der Waals surface area (Å²) in [6.07, 6.45) is 71.7. The zero-order valence-corrected chi connectivity index (χ0v) is 39.7. The normalized spacial score (nSPS) is 13.4. The maximum atomic E-state index is 11.8. The molecule has 0 aromatic carbocycles. The summed E-state index contributed by atoms with van der Waals surface area (Å²) in [6.45, 7) is 10.4. The molecule has 346 valence electrons. The highest BCUT2D eigenvalue weighted by Crippen LogP contribution is 2.03. The molecule has 0 radical (unpaired) electrons. The summed E-state index contributed by atoms with van der Waals surface area (Å²) in [5, 5.41) is 13.4. The molecule has 1 amide bonds. The monoisotopic (exact) mass is 847 g/mol. The number of quaternary nitrogens is 3. The van der Waals surface area contributed by atoms with Gasteiger partial charge >= 0.3 is 0 Å². The van der Waals surface area contributed by atoms with Crippen molar-refractivity contribution in [1.82, 2.24) is 5.32 Å². The molecule has 0 aliphatic rings. The van der Waals surface area contributed by atoms with Gasteiger partial charge in [0.2, 0.25) is 0 Å². The SMILES string of the molecule is CC/C=C\C/C=C\C/C=C\C/C=C\C/C=C\C/C=C\CCC.CC/C=C\C/C=C\C/C=C\C/C=C\C/C=C\CCCC.[NH3+]CCCC[C@H](NC(=O)[C@@H]([NH3+])CCCC[NH3+])C(=O)[O-]. The fourth-order valence-electron chi connectivity index (χ4n) is 5.26. The molecule has 0 bridgehead atoms. The number of amides is 1.